The summed E-state index contributed by atoms with van der Waals surface area (Å²) in [6.07, 6.45) is 0. The molecule has 0 aliphatic carbocycles. The third kappa shape index (κ3) is 5.36. The van der Waals surface area contributed by atoms with Gasteiger partial charge in [-0.05, 0) is 23.7 Å². The second kappa shape index (κ2) is 10.0. The Morgan fingerprint density at radius 3 is 2.35 bits per heavy atom. The fourth-order valence-corrected chi connectivity index (χ4v) is 3.39. The van der Waals surface area contributed by atoms with Crippen LogP contribution in [0.1, 0.15) is 15.9 Å². The van der Waals surface area contributed by atoms with E-state index in [1.54, 1.807) is 11.9 Å². The molecule has 0 saturated carbocycles. The van der Waals surface area contributed by atoms with Crippen molar-refractivity contribution in [2.24, 2.45) is 0 Å². The third-order valence-electron chi connectivity index (χ3n) is 4.96. The van der Waals surface area contributed by atoms with Crippen LogP contribution >= 0.6 is 0 Å². The highest BCUT2D eigenvalue weighted by atomic mass is 16.5. The molecule has 0 radical (unpaired) electrons. The standard InChI is InChI=1S/C23H26N4O4/c1-26(14-16-8-10-18(11-9-16)17-6-4-3-5-7-17)15-19(28)20-21(24)27(12-13-31-2)23(30)25-22(20)29/h3-11H,12-15,24H2,1-2H3,(H,25,29,30). The van der Waals surface area contributed by atoms with Crippen LogP contribution in [-0.4, -0.2) is 47.5 Å². The van der Waals surface area contributed by atoms with Crippen LogP contribution in [-0.2, 0) is 17.8 Å². The lowest BCUT2D eigenvalue weighted by molar-refractivity contribution is 0.0941. The molecule has 8 nitrogen and oxygen atoms in total. The normalized spacial score (nSPS) is 11.1. The van der Waals surface area contributed by atoms with Crippen LogP contribution in [0.5, 0.6) is 0 Å². The van der Waals surface area contributed by atoms with Crippen LogP contribution in [0.25, 0.3) is 11.1 Å². The highest BCUT2D eigenvalue weighted by Crippen LogP contribution is 2.19. The minimum atomic E-state index is -0.776. The number of hydrogen-bond acceptors (Lipinski definition) is 6. The number of anilines is 1. The van der Waals surface area contributed by atoms with Crippen LogP contribution in [0.3, 0.4) is 0 Å². The fourth-order valence-electron chi connectivity index (χ4n) is 3.39. The van der Waals surface area contributed by atoms with Crippen LogP contribution in [0, 0.1) is 0 Å². The molecule has 1 heterocycles. The molecule has 0 bridgehead atoms. The Hall–Kier alpha value is -3.49. The van der Waals surface area contributed by atoms with E-state index in [2.05, 4.69) is 4.98 Å². The van der Waals surface area contributed by atoms with Gasteiger partial charge in [-0.25, -0.2) is 4.79 Å². The highest BCUT2D eigenvalue weighted by molar-refractivity contribution is 6.01. The molecule has 1 aromatic heterocycles. The van der Waals surface area contributed by atoms with E-state index in [1.165, 1.54) is 7.11 Å². The lowest BCUT2D eigenvalue weighted by atomic mass is 10.0. The number of hydrogen-bond donors (Lipinski definition) is 2. The van der Waals surface area contributed by atoms with E-state index in [0.29, 0.717) is 6.54 Å². The first-order valence-electron chi connectivity index (χ1n) is 9.88. The Morgan fingerprint density at radius 1 is 1.06 bits per heavy atom. The molecule has 3 rings (SSSR count). The van der Waals surface area contributed by atoms with Crippen molar-refractivity contribution < 1.29 is 9.53 Å². The quantitative estimate of drug-likeness (QED) is 0.509. The van der Waals surface area contributed by atoms with Gasteiger partial charge in [0.25, 0.3) is 5.56 Å². The number of carbonyl (C=O) groups is 1. The Labute approximate surface area is 179 Å². The summed E-state index contributed by atoms with van der Waals surface area (Å²) in [7, 11) is 3.27. The molecule has 8 heteroatoms. The molecule has 0 aliphatic heterocycles. The molecule has 0 fully saturated rings. The molecule has 0 aliphatic rings. The number of nitrogens with one attached hydrogen (secondary N) is 1. The second-order valence-electron chi connectivity index (χ2n) is 7.32. The summed E-state index contributed by atoms with van der Waals surface area (Å²) < 4.78 is 6.09. The molecule has 2 aromatic carbocycles. The van der Waals surface area contributed by atoms with Crippen molar-refractivity contribution in [1.29, 1.82) is 0 Å². The van der Waals surface area contributed by atoms with Gasteiger partial charge in [-0.2, -0.15) is 0 Å². The number of nitrogens with zero attached hydrogens (tertiary/aromatic N) is 2. The summed E-state index contributed by atoms with van der Waals surface area (Å²) in [6, 6.07) is 18.2. The number of ketones is 1. The molecule has 0 amide bonds. The monoisotopic (exact) mass is 422 g/mol. The molecule has 0 spiro atoms. The van der Waals surface area contributed by atoms with Crippen molar-refractivity contribution in [3.63, 3.8) is 0 Å². The average molecular weight is 422 g/mol. The van der Waals surface area contributed by atoms with Crippen molar-refractivity contribution in [2.75, 3.05) is 33.0 Å². The smallest absolute Gasteiger partial charge is 0.330 e. The summed E-state index contributed by atoms with van der Waals surface area (Å²) in [5, 5.41) is 0. The number of methoxy groups -OCH3 is 1. The summed E-state index contributed by atoms with van der Waals surface area (Å²) in [4.78, 5) is 40.9. The topological polar surface area (TPSA) is 110 Å². The van der Waals surface area contributed by atoms with Crippen molar-refractivity contribution in [3.8, 4) is 11.1 Å². The number of nitrogens with two attached hydrogens (primary N) is 1. The summed E-state index contributed by atoms with van der Waals surface area (Å²) in [6.45, 7) is 0.864. The van der Waals surface area contributed by atoms with Crippen LogP contribution in [0.2, 0.25) is 0 Å². The number of H-pyrrole nitrogens is 1. The van der Waals surface area contributed by atoms with Gasteiger partial charge in [0.15, 0.2) is 5.78 Å². The zero-order valence-electron chi connectivity index (χ0n) is 17.6. The number of aromatic amines is 1. The first-order valence-corrected chi connectivity index (χ1v) is 9.88. The molecule has 3 aromatic rings. The number of aromatic nitrogens is 2. The van der Waals surface area contributed by atoms with Crippen molar-refractivity contribution in [2.45, 2.75) is 13.1 Å². The summed E-state index contributed by atoms with van der Waals surface area (Å²) in [5.74, 6) is -0.593. The number of likely N-dealkylation sites (N-methyl/N-ethyl adjacent to an activating group) is 1. The van der Waals surface area contributed by atoms with Gasteiger partial charge < -0.3 is 10.5 Å². The van der Waals surface area contributed by atoms with Gasteiger partial charge in [0, 0.05) is 13.7 Å². The lowest BCUT2D eigenvalue weighted by Gasteiger charge is -2.17. The summed E-state index contributed by atoms with van der Waals surface area (Å²) >= 11 is 0. The van der Waals surface area contributed by atoms with E-state index >= 15 is 0 Å². The molecule has 3 N–H and O–H groups in total. The van der Waals surface area contributed by atoms with Gasteiger partial charge in [0.05, 0.1) is 19.7 Å². The van der Waals surface area contributed by atoms with E-state index in [-0.39, 0.29) is 31.1 Å². The SMILES string of the molecule is COCCn1c(N)c(C(=O)CN(C)Cc2ccc(-c3ccccc3)cc2)c(=O)[nH]c1=O. The first-order chi connectivity index (χ1) is 14.9. The van der Waals surface area contributed by atoms with Crippen LogP contribution in [0.4, 0.5) is 5.82 Å². The average Bonchev–Trinajstić information content (AvgIpc) is 2.74. The molecule has 0 unspecified atom stereocenters. The number of Topliss-reactive ketones (excluding diaryl/α,β-unsaturated/α-hetero) is 1. The van der Waals surface area contributed by atoms with Gasteiger partial charge in [-0.1, -0.05) is 54.6 Å². The number of benzene rings is 2. The number of carbonyl (C=O) groups excluding carboxylic acids is 1. The van der Waals surface area contributed by atoms with E-state index < -0.39 is 17.0 Å². The first kappa shape index (κ1) is 22.2. The van der Waals surface area contributed by atoms with Crippen molar-refractivity contribution in [3.05, 3.63) is 86.6 Å². The third-order valence-corrected chi connectivity index (χ3v) is 4.96. The Balaban J connectivity index is 1.71. The van der Waals surface area contributed by atoms with E-state index in [0.717, 1.165) is 21.3 Å². The largest absolute Gasteiger partial charge is 0.384 e. The molecule has 0 saturated heterocycles. The maximum Gasteiger partial charge on any atom is 0.330 e. The number of nitrogen functional groups attached to an aromatic ring is 1. The lowest BCUT2D eigenvalue weighted by Crippen LogP contribution is -2.39. The number of rotatable bonds is 9. The van der Waals surface area contributed by atoms with Gasteiger partial charge in [0.1, 0.15) is 11.4 Å². The van der Waals surface area contributed by atoms with Crippen LogP contribution < -0.4 is 17.0 Å². The van der Waals surface area contributed by atoms with Gasteiger partial charge >= 0.3 is 5.69 Å². The van der Waals surface area contributed by atoms with E-state index in [4.69, 9.17) is 10.5 Å². The summed E-state index contributed by atoms with van der Waals surface area (Å²) in [5.41, 5.74) is 7.60. The molecular weight excluding hydrogens is 396 g/mol. The van der Waals surface area contributed by atoms with Crippen LogP contribution in [0.15, 0.2) is 64.2 Å². The fraction of sp³-hybridized carbons (Fsp3) is 0.261. The number of ether oxygens (including phenoxy) is 1. The predicted molar refractivity (Wildman–Crippen MR) is 120 cm³/mol. The van der Waals surface area contributed by atoms with E-state index in [9.17, 15) is 14.4 Å². The maximum atomic E-state index is 12.8. The minimum Gasteiger partial charge on any atom is -0.384 e. The van der Waals surface area contributed by atoms with Crippen molar-refractivity contribution >= 4 is 11.6 Å². The van der Waals surface area contributed by atoms with Gasteiger partial charge in [0.2, 0.25) is 0 Å². The van der Waals surface area contributed by atoms with E-state index in [1.807, 2.05) is 54.6 Å². The van der Waals surface area contributed by atoms with Gasteiger partial charge in [-0.3, -0.25) is 24.0 Å². The Bertz CT molecular complexity index is 1150. The highest BCUT2D eigenvalue weighted by Gasteiger charge is 2.20. The Kier molecular flexibility index (Phi) is 7.17. The molecule has 0 atom stereocenters. The molecule has 31 heavy (non-hydrogen) atoms. The van der Waals surface area contributed by atoms with Crippen molar-refractivity contribution in [1.82, 2.24) is 14.5 Å². The maximum absolute atomic E-state index is 12.8. The zero-order valence-corrected chi connectivity index (χ0v) is 17.6. The molecule has 162 valence electrons. The molecular formula is C23H26N4O4. The minimum absolute atomic E-state index is 0.0177. The zero-order chi connectivity index (χ0) is 22.4. The van der Waals surface area contributed by atoms with Gasteiger partial charge in [-0.15, -0.1) is 0 Å². The Morgan fingerprint density at radius 2 is 1.71 bits per heavy atom. The predicted octanol–water partition coefficient (Wildman–Crippen LogP) is 1.75. The second-order valence-corrected chi connectivity index (χ2v) is 7.32.